The van der Waals surface area contributed by atoms with Crippen LogP contribution in [0.5, 0.6) is 0 Å². The van der Waals surface area contributed by atoms with Crippen molar-refractivity contribution in [3.05, 3.63) is 40.5 Å². The first-order valence-corrected chi connectivity index (χ1v) is 6.09. The molecule has 0 saturated heterocycles. The fraction of sp³-hybridized carbons (Fsp3) is 0. The van der Waals surface area contributed by atoms with Gasteiger partial charge >= 0.3 is 0 Å². The third-order valence-corrected chi connectivity index (χ3v) is 4.07. The standard InChI is InChI=1S/C11H6BrNOS/c12-7-6-15-9-3-4-13-11(10(7)9)8-2-1-5-14-8/h1-6H. The Hall–Kier alpha value is -1.13. The SMILES string of the molecule is Brc1csc2ccnc(-c3ccco3)c12. The third-order valence-electron chi connectivity index (χ3n) is 2.20. The maximum absolute atomic E-state index is 5.37. The maximum atomic E-state index is 5.37. The molecule has 0 aromatic carbocycles. The quantitative estimate of drug-likeness (QED) is 0.663. The predicted octanol–water partition coefficient (Wildman–Crippen LogP) is 4.32. The molecule has 3 heterocycles. The Morgan fingerprint density at radius 1 is 1.33 bits per heavy atom. The van der Waals surface area contributed by atoms with Crippen molar-refractivity contribution in [3.8, 4) is 11.5 Å². The number of hydrogen-bond donors (Lipinski definition) is 0. The number of furan rings is 1. The van der Waals surface area contributed by atoms with E-state index in [9.17, 15) is 0 Å². The monoisotopic (exact) mass is 279 g/mol. The van der Waals surface area contributed by atoms with Crippen molar-refractivity contribution in [1.82, 2.24) is 4.98 Å². The summed E-state index contributed by atoms with van der Waals surface area (Å²) in [6.45, 7) is 0. The van der Waals surface area contributed by atoms with E-state index in [1.165, 1.54) is 4.70 Å². The molecule has 0 N–H and O–H groups in total. The summed E-state index contributed by atoms with van der Waals surface area (Å²) in [4.78, 5) is 4.37. The average molecular weight is 280 g/mol. The predicted molar refractivity (Wildman–Crippen MR) is 65.0 cm³/mol. The first-order valence-electron chi connectivity index (χ1n) is 4.42. The molecule has 0 bridgehead atoms. The van der Waals surface area contributed by atoms with Gasteiger partial charge in [-0.25, -0.2) is 0 Å². The van der Waals surface area contributed by atoms with Crippen molar-refractivity contribution in [2.75, 3.05) is 0 Å². The van der Waals surface area contributed by atoms with Crippen molar-refractivity contribution >= 4 is 37.4 Å². The Balaban J connectivity index is 2.39. The van der Waals surface area contributed by atoms with Crippen LogP contribution in [0.1, 0.15) is 0 Å². The van der Waals surface area contributed by atoms with Crippen LogP contribution in [0.4, 0.5) is 0 Å². The molecule has 0 atom stereocenters. The van der Waals surface area contributed by atoms with Crippen LogP contribution in [0.15, 0.2) is 44.9 Å². The summed E-state index contributed by atoms with van der Waals surface area (Å²) in [6, 6.07) is 5.80. The minimum Gasteiger partial charge on any atom is -0.463 e. The smallest absolute Gasteiger partial charge is 0.152 e. The summed E-state index contributed by atoms with van der Waals surface area (Å²) in [5.41, 5.74) is 0.894. The van der Waals surface area contributed by atoms with Crippen LogP contribution in [0.25, 0.3) is 21.5 Å². The number of halogens is 1. The van der Waals surface area contributed by atoms with E-state index in [-0.39, 0.29) is 0 Å². The van der Waals surface area contributed by atoms with E-state index < -0.39 is 0 Å². The summed E-state index contributed by atoms with van der Waals surface area (Å²) in [6.07, 6.45) is 3.47. The minimum absolute atomic E-state index is 0.805. The number of aromatic nitrogens is 1. The lowest BCUT2D eigenvalue weighted by molar-refractivity contribution is 0.581. The van der Waals surface area contributed by atoms with Gasteiger partial charge in [-0.15, -0.1) is 11.3 Å². The summed E-state index contributed by atoms with van der Waals surface area (Å²) in [7, 11) is 0. The summed E-state index contributed by atoms with van der Waals surface area (Å²) < 4.78 is 7.66. The summed E-state index contributed by atoms with van der Waals surface area (Å²) >= 11 is 5.23. The molecule has 0 unspecified atom stereocenters. The molecule has 3 aromatic heterocycles. The molecule has 0 spiro atoms. The van der Waals surface area contributed by atoms with E-state index in [0.29, 0.717) is 0 Å². The van der Waals surface area contributed by atoms with Gasteiger partial charge in [0.25, 0.3) is 0 Å². The van der Waals surface area contributed by atoms with Gasteiger partial charge in [0.05, 0.1) is 6.26 Å². The molecule has 3 aromatic rings. The topological polar surface area (TPSA) is 26.0 Å². The highest BCUT2D eigenvalue weighted by atomic mass is 79.9. The van der Waals surface area contributed by atoms with Gasteiger partial charge in [0.1, 0.15) is 5.69 Å². The van der Waals surface area contributed by atoms with Gasteiger partial charge in [0.2, 0.25) is 0 Å². The van der Waals surface area contributed by atoms with Crippen molar-refractivity contribution in [2.24, 2.45) is 0 Å². The number of thiophene rings is 1. The van der Waals surface area contributed by atoms with Crippen molar-refractivity contribution in [2.45, 2.75) is 0 Å². The Morgan fingerprint density at radius 3 is 3.07 bits per heavy atom. The Morgan fingerprint density at radius 2 is 2.27 bits per heavy atom. The molecular weight excluding hydrogens is 274 g/mol. The Bertz CT molecular complexity index is 600. The van der Waals surface area contributed by atoms with Gasteiger partial charge in [-0.3, -0.25) is 4.98 Å². The van der Waals surface area contributed by atoms with Crippen LogP contribution in [-0.4, -0.2) is 4.98 Å². The van der Waals surface area contributed by atoms with Crippen LogP contribution < -0.4 is 0 Å². The Labute approximate surface area is 98.7 Å². The molecule has 15 heavy (non-hydrogen) atoms. The number of nitrogens with zero attached hydrogens (tertiary/aromatic N) is 1. The molecular formula is C11H6BrNOS. The van der Waals surface area contributed by atoms with Crippen molar-refractivity contribution < 1.29 is 4.42 Å². The zero-order valence-corrected chi connectivity index (χ0v) is 10.0. The molecule has 74 valence electrons. The molecule has 0 radical (unpaired) electrons. The normalized spacial score (nSPS) is 11.0. The van der Waals surface area contributed by atoms with E-state index in [1.807, 2.05) is 24.4 Å². The van der Waals surface area contributed by atoms with Gasteiger partial charge < -0.3 is 4.42 Å². The maximum Gasteiger partial charge on any atom is 0.152 e. The Kier molecular flexibility index (Phi) is 2.11. The van der Waals surface area contributed by atoms with Crippen LogP contribution in [0.2, 0.25) is 0 Å². The van der Waals surface area contributed by atoms with Crippen LogP contribution >= 0.6 is 27.3 Å². The number of pyridine rings is 1. The van der Waals surface area contributed by atoms with Gasteiger partial charge in [-0.1, -0.05) is 0 Å². The molecule has 3 rings (SSSR count). The highest BCUT2D eigenvalue weighted by molar-refractivity contribution is 9.10. The highest BCUT2D eigenvalue weighted by Crippen LogP contribution is 2.36. The fourth-order valence-electron chi connectivity index (χ4n) is 1.55. The van der Waals surface area contributed by atoms with Gasteiger partial charge in [-0.05, 0) is 34.1 Å². The third kappa shape index (κ3) is 1.41. The molecule has 0 aliphatic rings. The van der Waals surface area contributed by atoms with E-state index in [4.69, 9.17) is 4.42 Å². The van der Waals surface area contributed by atoms with E-state index in [0.717, 1.165) is 21.3 Å². The van der Waals surface area contributed by atoms with Crippen LogP contribution in [-0.2, 0) is 0 Å². The zero-order chi connectivity index (χ0) is 10.3. The zero-order valence-electron chi connectivity index (χ0n) is 7.61. The van der Waals surface area contributed by atoms with Gasteiger partial charge in [0, 0.05) is 26.1 Å². The summed E-state index contributed by atoms with van der Waals surface area (Å²) in [5, 5.41) is 3.19. The lowest BCUT2D eigenvalue weighted by Crippen LogP contribution is -1.81. The highest BCUT2D eigenvalue weighted by Gasteiger charge is 2.11. The van der Waals surface area contributed by atoms with E-state index in [2.05, 4.69) is 26.3 Å². The number of fused-ring (bicyclic) bond motifs is 1. The minimum atomic E-state index is 0.805. The second-order valence-corrected chi connectivity index (χ2v) is 4.86. The fourth-order valence-corrected chi connectivity index (χ4v) is 3.17. The van der Waals surface area contributed by atoms with Crippen LogP contribution in [0.3, 0.4) is 0 Å². The largest absolute Gasteiger partial charge is 0.463 e. The van der Waals surface area contributed by atoms with E-state index in [1.54, 1.807) is 17.6 Å². The molecule has 0 aliphatic heterocycles. The van der Waals surface area contributed by atoms with Crippen molar-refractivity contribution in [1.29, 1.82) is 0 Å². The first kappa shape index (κ1) is 9.12. The van der Waals surface area contributed by atoms with Crippen LogP contribution in [0, 0.1) is 0 Å². The lowest BCUT2D eigenvalue weighted by atomic mass is 10.2. The van der Waals surface area contributed by atoms with Gasteiger partial charge in [0.15, 0.2) is 5.76 Å². The molecule has 0 fully saturated rings. The lowest BCUT2D eigenvalue weighted by Gasteiger charge is -1.98. The molecule has 2 nitrogen and oxygen atoms in total. The molecule has 4 heteroatoms. The molecule has 0 saturated carbocycles. The summed E-state index contributed by atoms with van der Waals surface area (Å²) in [5.74, 6) is 0.805. The molecule has 0 aliphatic carbocycles. The number of rotatable bonds is 1. The second kappa shape index (κ2) is 3.47. The second-order valence-electron chi connectivity index (χ2n) is 3.09. The molecule has 0 amide bonds. The average Bonchev–Trinajstić information content (AvgIpc) is 2.88. The first-order chi connectivity index (χ1) is 7.36. The van der Waals surface area contributed by atoms with E-state index >= 15 is 0 Å². The number of hydrogen-bond acceptors (Lipinski definition) is 3. The van der Waals surface area contributed by atoms with Gasteiger partial charge in [-0.2, -0.15) is 0 Å². The van der Waals surface area contributed by atoms with Crippen molar-refractivity contribution in [3.63, 3.8) is 0 Å².